The Morgan fingerprint density at radius 3 is 2.72 bits per heavy atom. The number of para-hydroxylation sites is 1. The number of aliphatic hydroxyl groups excluding tert-OH is 1. The number of methoxy groups -OCH3 is 1. The van der Waals surface area contributed by atoms with E-state index in [9.17, 15) is 9.90 Å². The van der Waals surface area contributed by atoms with Gasteiger partial charge < -0.3 is 20.5 Å². The number of benzene rings is 1. The maximum Gasteiger partial charge on any atom is 0.341 e. The van der Waals surface area contributed by atoms with Crippen molar-refractivity contribution in [3.05, 3.63) is 35.9 Å². The summed E-state index contributed by atoms with van der Waals surface area (Å²) in [5.41, 5.74) is 1.23. The van der Waals surface area contributed by atoms with Crippen LogP contribution in [0.15, 0.2) is 30.3 Å². The number of hydrogen-bond donors (Lipinski definition) is 3. The highest BCUT2D eigenvalue weighted by molar-refractivity contribution is 5.99. The quantitative estimate of drug-likeness (QED) is 0.557. The van der Waals surface area contributed by atoms with Crippen LogP contribution in [0.1, 0.15) is 55.8 Å². The van der Waals surface area contributed by atoms with Crippen molar-refractivity contribution in [3.8, 4) is 0 Å². The van der Waals surface area contributed by atoms with Crippen LogP contribution >= 0.6 is 0 Å². The molecule has 0 aliphatic heterocycles. The Morgan fingerprint density at radius 2 is 2.03 bits per heavy atom. The third kappa shape index (κ3) is 5.46. The van der Waals surface area contributed by atoms with Crippen molar-refractivity contribution >= 4 is 22.7 Å². The van der Waals surface area contributed by atoms with Crippen LogP contribution in [0.25, 0.3) is 10.9 Å². The van der Waals surface area contributed by atoms with E-state index in [2.05, 4.69) is 22.5 Å². The second kappa shape index (κ2) is 10.6. The van der Waals surface area contributed by atoms with Crippen molar-refractivity contribution in [2.75, 3.05) is 25.6 Å². The molecule has 0 amide bonds. The maximum atomic E-state index is 12.3. The summed E-state index contributed by atoms with van der Waals surface area (Å²) < 4.78 is 4.95. The van der Waals surface area contributed by atoms with Gasteiger partial charge in [0.15, 0.2) is 0 Å². The number of esters is 1. The van der Waals surface area contributed by atoms with E-state index >= 15 is 0 Å². The summed E-state index contributed by atoms with van der Waals surface area (Å²) >= 11 is 0. The van der Waals surface area contributed by atoms with Crippen molar-refractivity contribution in [3.63, 3.8) is 0 Å². The average molecular weight is 400 g/mol. The van der Waals surface area contributed by atoms with Gasteiger partial charge in [-0.2, -0.15) is 0 Å². The number of aromatic nitrogens is 1. The molecule has 2 atom stereocenters. The van der Waals surface area contributed by atoms with Crippen molar-refractivity contribution in [2.24, 2.45) is 5.92 Å². The smallest absolute Gasteiger partial charge is 0.341 e. The number of ether oxygens (including phenoxy) is 1. The first-order valence-electron chi connectivity index (χ1n) is 10.7. The van der Waals surface area contributed by atoms with Crippen LogP contribution in [-0.4, -0.2) is 48.4 Å². The summed E-state index contributed by atoms with van der Waals surface area (Å²) in [7, 11) is 1.37. The van der Waals surface area contributed by atoms with Crippen LogP contribution in [0.5, 0.6) is 0 Å². The SMILES string of the molecule is CCC(NC1CCCCC1)C(CO)CNc1nc2ccccc2cc1C(=O)OC. The fourth-order valence-corrected chi connectivity index (χ4v) is 4.24. The average Bonchev–Trinajstić information content (AvgIpc) is 2.78. The van der Waals surface area contributed by atoms with Crippen LogP contribution in [-0.2, 0) is 4.74 Å². The number of fused-ring (bicyclic) bond motifs is 1. The van der Waals surface area contributed by atoms with Crippen molar-refractivity contribution in [1.82, 2.24) is 10.3 Å². The molecule has 3 N–H and O–H groups in total. The first-order chi connectivity index (χ1) is 14.2. The standard InChI is InChI=1S/C23H33N3O3/c1-3-20(25-18-10-5-4-6-11-18)17(15-27)14-24-22-19(23(28)29-2)13-16-9-7-8-12-21(16)26-22/h7-9,12-13,17-18,20,25,27H,3-6,10-11,14-15H2,1-2H3,(H,24,26). The first-order valence-corrected chi connectivity index (χ1v) is 10.7. The number of carbonyl (C=O) groups is 1. The van der Waals surface area contributed by atoms with Gasteiger partial charge in [0, 0.05) is 36.5 Å². The zero-order valence-electron chi connectivity index (χ0n) is 17.5. The third-order valence-corrected chi connectivity index (χ3v) is 5.96. The molecule has 2 aromatic rings. The fraction of sp³-hybridized carbons (Fsp3) is 0.565. The van der Waals surface area contributed by atoms with E-state index in [1.54, 1.807) is 0 Å². The highest BCUT2D eigenvalue weighted by atomic mass is 16.5. The minimum atomic E-state index is -0.418. The Balaban J connectivity index is 1.74. The molecule has 158 valence electrons. The number of pyridine rings is 1. The van der Waals surface area contributed by atoms with Crippen LogP contribution in [0, 0.1) is 5.92 Å². The summed E-state index contributed by atoms with van der Waals surface area (Å²) in [6.07, 6.45) is 7.24. The predicted octanol–water partition coefficient (Wildman–Crippen LogP) is 3.74. The summed E-state index contributed by atoms with van der Waals surface area (Å²) in [5.74, 6) is 0.112. The molecule has 2 unspecified atom stereocenters. The highest BCUT2D eigenvalue weighted by Crippen LogP contribution is 2.23. The maximum absolute atomic E-state index is 12.3. The van der Waals surface area contributed by atoms with Gasteiger partial charge in [0.2, 0.25) is 0 Å². The fourth-order valence-electron chi connectivity index (χ4n) is 4.24. The molecule has 1 aliphatic carbocycles. The Bertz CT molecular complexity index is 805. The Morgan fingerprint density at radius 1 is 1.28 bits per heavy atom. The Kier molecular flexibility index (Phi) is 7.83. The third-order valence-electron chi connectivity index (χ3n) is 5.96. The van der Waals surface area contributed by atoms with Gasteiger partial charge in [0.25, 0.3) is 0 Å². The molecular weight excluding hydrogens is 366 g/mol. The molecule has 1 aliphatic rings. The normalized spacial score (nSPS) is 17.1. The van der Waals surface area contributed by atoms with Crippen LogP contribution in [0.2, 0.25) is 0 Å². The number of anilines is 1. The molecule has 1 aromatic carbocycles. The van der Waals surface area contributed by atoms with E-state index in [0.29, 0.717) is 24.0 Å². The van der Waals surface area contributed by atoms with Gasteiger partial charge in [-0.1, -0.05) is 44.4 Å². The molecule has 1 aromatic heterocycles. The number of carbonyl (C=O) groups excluding carboxylic acids is 1. The van der Waals surface area contributed by atoms with Crippen LogP contribution < -0.4 is 10.6 Å². The van der Waals surface area contributed by atoms with Gasteiger partial charge in [-0.15, -0.1) is 0 Å². The lowest BCUT2D eigenvalue weighted by molar-refractivity contribution is 0.0601. The lowest BCUT2D eigenvalue weighted by Gasteiger charge is -2.32. The minimum Gasteiger partial charge on any atom is -0.465 e. The lowest BCUT2D eigenvalue weighted by Crippen LogP contribution is -2.46. The van der Waals surface area contributed by atoms with Gasteiger partial charge in [0.05, 0.1) is 12.6 Å². The van der Waals surface area contributed by atoms with Gasteiger partial charge in [-0.25, -0.2) is 9.78 Å². The molecule has 0 bridgehead atoms. The predicted molar refractivity (Wildman–Crippen MR) is 116 cm³/mol. The van der Waals surface area contributed by atoms with E-state index in [-0.39, 0.29) is 18.6 Å². The molecule has 3 rings (SSSR count). The number of nitrogens with zero attached hydrogens (tertiary/aromatic N) is 1. The molecule has 1 fully saturated rings. The second-order valence-corrected chi connectivity index (χ2v) is 7.91. The van der Waals surface area contributed by atoms with E-state index in [4.69, 9.17) is 4.74 Å². The highest BCUT2D eigenvalue weighted by Gasteiger charge is 2.24. The molecule has 6 heteroatoms. The van der Waals surface area contributed by atoms with Crippen LogP contribution in [0.3, 0.4) is 0 Å². The van der Waals surface area contributed by atoms with E-state index in [1.165, 1.54) is 39.2 Å². The molecular formula is C23H33N3O3. The van der Waals surface area contributed by atoms with Crippen molar-refractivity contribution < 1.29 is 14.6 Å². The molecule has 6 nitrogen and oxygen atoms in total. The number of nitrogens with one attached hydrogen (secondary N) is 2. The number of hydrogen-bond acceptors (Lipinski definition) is 6. The van der Waals surface area contributed by atoms with Crippen molar-refractivity contribution in [1.29, 1.82) is 0 Å². The molecule has 0 radical (unpaired) electrons. The van der Waals surface area contributed by atoms with Crippen LogP contribution in [0.4, 0.5) is 5.82 Å². The lowest BCUT2D eigenvalue weighted by atomic mass is 9.91. The van der Waals surface area contributed by atoms with E-state index in [0.717, 1.165) is 17.3 Å². The Labute approximate surface area is 173 Å². The zero-order chi connectivity index (χ0) is 20.6. The molecule has 1 heterocycles. The minimum absolute atomic E-state index is 0.0284. The number of rotatable bonds is 9. The summed E-state index contributed by atoms with van der Waals surface area (Å²) in [6, 6.07) is 10.3. The summed E-state index contributed by atoms with van der Waals surface area (Å²) in [6.45, 7) is 2.76. The van der Waals surface area contributed by atoms with Gasteiger partial charge in [-0.05, 0) is 31.4 Å². The number of aliphatic hydroxyl groups is 1. The first kappa shape index (κ1) is 21.5. The summed E-state index contributed by atoms with van der Waals surface area (Å²) in [4.78, 5) is 16.9. The molecule has 1 saturated carbocycles. The topological polar surface area (TPSA) is 83.5 Å². The monoisotopic (exact) mass is 399 g/mol. The van der Waals surface area contributed by atoms with Gasteiger partial charge in [-0.3, -0.25) is 0 Å². The zero-order valence-corrected chi connectivity index (χ0v) is 17.5. The largest absolute Gasteiger partial charge is 0.465 e. The second-order valence-electron chi connectivity index (χ2n) is 7.91. The van der Waals surface area contributed by atoms with Crippen molar-refractivity contribution in [2.45, 2.75) is 57.5 Å². The molecule has 29 heavy (non-hydrogen) atoms. The molecule has 0 spiro atoms. The van der Waals surface area contributed by atoms with E-state index in [1.807, 2.05) is 30.3 Å². The summed E-state index contributed by atoms with van der Waals surface area (Å²) in [5, 5.41) is 18.0. The van der Waals surface area contributed by atoms with Gasteiger partial charge >= 0.3 is 5.97 Å². The van der Waals surface area contributed by atoms with Gasteiger partial charge in [0.1, 0.15) is 11.4 Å². The van der Waals surface area contributed by atoms with E-state index < -0.39 is 5.97 Å². The molecule has 0 saturated heterocycles. The Hall–Kier alpha value is -2.18.